The highest BCUT2D eigenvalue weighted by Gasteiger charge is 2.32. The van der Waals surface area contributed by atoms with Crippen molar-refractivity contribution < 1.29 is 9.18 Å². The van der Waals surface area contributed by atoms with E-state index in [1.165, 1.54) is 12.1 Å². The smallest absolute Gasteiger partial charge is 0.263 e. The fourth-order valence-electron chi connectivity index (χ4n) is 2.94. The van der Waals surface area contributed by atoms with Gasteiger partial charge >= 0.3 is 0 Å². The number of nitrogens with zero attached hydrogens (tertiary/aromatic N) is 1. The van der Waals surface area contributed by atoms with Crippen LogP contribution in [0.25, 0.3) is 11.8 Å². The molecular formula is C21H14FNO. The summed E-state index contributed by atoms with van der Waals surface area (Å²) >= 11 is 0. The van der Waals surface area contributed by atoms with Crippen molar-refractivity contribution >= 4 is 23.4 Å². The summed E-state index contributed by atoms with van der Waals surface area (Å²) < 4.78 is 13.3. The quantitative estimate of drug-likeness (QED) is 0.653. The van der Waals surface area contributed by atoms with Crippen LogP contribution in [0.2, 0.25) is 0 Å². The predicted octanol–water partition coefficient (Wildman–Crippen LogP) is 4.98. The Morgan fingerprint density at radius 3 is 2.08 bits per heavy atom. The topological polar surface area (TPSA) is 20.3 Å². The highest BCUT2D eigenvalue weighted by Crippen LogP contribution is 2.37. The molecule has 4 rings (SSSR count). The Labute approximate surface area is 139 Å². The summed E-state index contributed by atoms with van der Waals surface area (Å²) in [5.41, 5.74) is 4.00. The van der Waals surface area contributed by atoms with E-state index >= 15 is 0 Å². The number of rotatable bonds is 2. The lowest BCUT2D eigenvalue weighted by Crippen LogP contribution is -2.22. The molecule has 1 amide bonds. The van der Waals surface area contributed by atoms with Gasteiger partial charge < -0.3 is 0 Å². The number of carbonyl (C=O) groups is 1. The molecule has 0 saturated heterocycles. The molecule has 0 atom stereocenters. The molecule has 0 saturated carbocycles. The van der Waals surface area contributed by atoms with Gasteiger partial charge in [0.05, 0.1) is 5.70 Å². The van der Waals surface area contributed by atoms with Gasteiger partial charge in [-0.05, 0) is 42.0 Å². The van der Waals surface area contributed by atoms with E-state index in [-0.39, 0.29) is 11.7 Å². The van der Waals surface area contributed by atoms with Crippen molar-refractivity contribution in [2.24, 2.45) is 0 Å². The number of benzene rings is 3. The van der Waals surface area contributed by atoms with Gasteiger partial charge in [0.15, 0.2) is 0 Å². The van der Waals surface area contributed by atoms with Gasteiger partial charge in [-0.2, -0.15) is 0 Å². The summed E-state index contributed by atoms with van der Waals surface area (Å²) in [4.78, 5) is 14.5. The standard InChI is InChI=1S/C21H14FNO/c22-16-10-12-17(13-11-16)23-20(14-15-6-2-1-3-7-15)18-8-4-5-9-19(18)21(23)24/h1-14H/b20-14+. The maximum Gasteiger partial charge on any atom is 0.263 e. The molecule has 0 spiro atoms. The molecule has 0 bridgehead atoms. The van der Waals surface area contributed by atoms with Gasteiger partial charge in [-0.1, -0.05) is 48.5 Å². The predicted molar refractivity (Wildman–Crippen MR) is 94.0 cm³/mol. The maximum atomic E-state index is 13.3. The molecule has 0 aromatic heterocycles. The van der Waals surface area contributed by atoms with Crippen LogP contribution in [-0.4, -0.2) is 5.91 Å². The third kappa shape index (κ3) is 2.40. The molecule has 3 aromatic carbocycles. The van der Waals surface area contributed by atoms with Crippen LogP contribution in [0, 0.1) is 5.82 Å². The van der Waals surface area contributed by atoms with E-state index in [0.29, 0.717) is 11.3 Å². The maximum absolute atomic E-state index is 13.3. The number of fused-ring (bicyclic) bond motifs is 1. The first-order valence-electron chi connectivity index (χ1n) is 7.70. The number of hydrogen-bond acceptors (Lipinski definition) is 1. The minimum absolute atomic E-state index is 0.0978. The molecule has 0 aliphatic carbocycles. The minimum atomic E-state index is -0.323. The van der Waals surface area contributed by atoms with Crippen LogP contribution >= 0.6 is 0 Å². The van der Waals surface area contributed by atoms with Crippen LogP contribution in [0.3, 0.4) is 0 Å². The van der Waals surface area contributed by atoms with Crippen LogP contribution in [0.15, 0.2) is 78.9 Å². The molecule has 116 valence electrons. The Bertz CT molecular complexity index is 930. The fourth-order valence-corrected chi connectivity index (χ4v) is 2.94. The van der Waals surface area contributed by atoms with Crippen LogP contribution in [0.4, 0.5) is 10.1 Å². The van der Waals surface area contributed by atoms with Crippen LogP contribution in [0.1, 0.15) is 21.5 Å². The second-order valence-electron chi connectivity index (χ2n) is 5.60. The molecule has 3 heteroatoms. The van der Waals surface area contributed by atoms with E-state index in [9.17, 15) is 9.18 Å². The van der Waals surface area contributed by atoms with Crippen molar-refractivity contribution in [1.29, 1.82) is 0 Å². The van der Waals surface area contributed by atoms with Gasteiger partial charge in [0.25, 0.3) is 5.91 Å². The average molecular weight is 315 g/mol. The lowest BCUT2D eigenvalue weighted by molar-refractivity contribution is 0.101. The first-order valence-corrected chi connectivity index (χ1v) is 7.70. The van der Waals surface area contributed by atoms with Gasteiger partial charge in [-0.3, -0.25) is 9.69 Å². The monoisotopic (exact) mass is 315 g/mol. The molecular weight excluding hydrogens is 301 g/mol. The largest absolute Gasteiger partial charge is 0.276 e. The van der Waals surface area contributed by atoms with Gasteiger partial charge in [-0.25, -0.2) is 4.39 Å². The number of amides is 1. The summed E-state index contributed by atoms with van der Waals surface area (Å²) in [5.74, 6) is -0.420. The zero-order valence-electron chi connectivity index (χ0n) is 12.8. The van der Waals surface area contributed by atoms with Crippen molar-refractivity contribution in [3.63, 3.8) is 0 Å². The Morgan fingerprint density at radius 1 is 0.750 bits per heavy atom. The van der Waals surface area contributed by atoms with Crippen molar-refractivity contribution in [2.75, 3.05) is 4.90 Å². The normalized spacial score (nSPS) is 15.0. The number of anilines is 1. The van der Waals surface area contributed by atoms with Crippen molar-refractivity contribution in [2.45, 2.75) is 0 Å². The molecule has 0 fully saturated rings. The fraction of sp³-hybridized carbons (Fsp3) is 0. The summed E-state index contributed by atoms with van der Waals surface area (Å²) in [6.45, 7) is 0. The summed E-state index contributed by atoms with van der Waals surface area (Å²) in [6.07, 6.45) is 1.98. The van der Waals surface area contributed by atoms with E-state index in [2.05, 4.69) is 0 Å². The van der Waals surface area contributed by atoms with Gasteiger partial charge in [0.2, 0.25) is 0 Å². The summed E-state index contributed by atoms with van der Waals surface area (Å²) in [7, 11) is 0. The average Bonchev–Trinajstić information content (AvgIpc) is 2.89. The van der Waals surface area contributed by atoms with E-state index in [0.717, 1.165) is 16.8 Å². The highest BCUT2D eigenvalue weighted by molar-refractivity contribution is 6.24. The van der Waals surface area contributed by atoms with Crippen LogP contribution in [-0.2, 0) is 0 Å². The van der Waals surface area contributed by atoms with Gasteiger partial charge in [0.1, 0.15) is 5.82 Å². The Morgan fingerprint density at radius 2 is 1.38 bits per heavy atom. The first kappa shape index (κ1) is 14.4. The Balaban J connectivity index is 1.90. The Hall–Kier alpha value is -3.20. The molecule has 0 N–H and O–H groups in total. The molecule has 0 unspecified atom stereocenters. The lowest BCUT2D eigenvalue weighted by atomic mass is 10.1. The second-order valence-corrected chi connectivity index (χ2v) is 5.60. The molecule has 2 nitrogen and oxygen atoms in total. The zero-order chi connectivity index (χ0) is 16.5. The highest BCUT2D eigenvalue weighted by atomic mass is 19.1. The first-order chi connectivity index (χ1) is 11.7. The summed E-state index contributed by atoms with van der Waals surface area (Å²) in [6, 6.07) is 23.3. The van der Waals surface area contributed by atoms with Gasteiger partial charge in [-0.15, -0.1) is 0 Å². The van der Waals surface area contributed by atoms with Crippen molar-refractivity contribution in [3.05, 3.63) is 101 Å². The third-order valence-corrected chi connectivity index (χ3v) is 4.07. The minimum Gasteiger partial charge on any atom is -0.276 e. The van der Waals surface area contributed by atoms with E-state index < -0.39 is 0 Å². The van der Waals surface area contributed by atoms with Crippen LogP contribution < -0.4 is 4.90 Å². The lowest BCUT2D eigenvalue weighted by Gasteiger charge is -2.18. The molecule has 3 aromatic rings. The zero-order valence-corrected chi connectivity index (χ0v) is 12.8. The second kappa shape index (κ2) is 5.78. The molecule has 1 heterocycles. The van der Waals surface area contributed by atoms with Crippen LogP contribution in [0.5, 0.6) is 0 Å². The molecule has 1 aliphatic heterocycles. The number of halogens is 1. The van der Waals surface area contributed by atoms with Gasteiger partial charge in [0, 0.05) is 16.8 Å². The van der Waals surface area contributed by atoms with E-state index in [1.54, 1.807) is 17.0 Å². The third-order valence-electron chi connectivity index (χ3n) is 4.07. The molecule has 0 radical (unpaired) electrons. The van der Waals surface area contributed by atoms with E-state index in [4.69, 9.17) is 0 Å². The number of carbonyl (C=O) groups excluding carboxylic acids is 1. The molecule has 1 aliphatic rings. The summed E-state index contributed by atoms with van der Waals surface area (Å²) in [5, 5.41) is 0. The van der Waals surface area contributed by atoms with Crippen molar-refractivity contribution in [3.8, 4) is 0 Å². The number of hydrogen-bond donors (Lipinski definition) is 0. The van der Waals surface area contributed by atoms with Crippen molar-refractivity contribution in [1.82, 2.24) is 0 Å². The van der Waals surface area contributed by atoms with E-state index in [1.807, 2.05) is 60.7 Å². The Kier molecular flexibility index (Phi) is 3.47. The SMILES string of the molecule is O=C1c2ccccc2/C(=C\c2ccccc2)N1c1ccc(F)cc1. The molecule has 24 heavy (non-hydrogen) atoms.